The van der Waals surface area contributed by atoms with Crippen LogP contribution in [-0.2, 0) is 5.41 Å². The highest BCUT2D eigenvalue weighted by Gasteiger charge is 2.29. The zero-order valence-electron chi connectivity index (χ0n) is 12.5. The molecule has 1 aromatic heterocycles. The smallest absolute Gasteiger partial charge is 0.135 e. The third-order valence-electron chi connectivity index (χ3n) is 3.80. The summed E-state index contributed by atoms with van der Waals surface area (Å²) in [6.45, 7) is 6.72. The minimum Gasteiger partial charge on any atom is -0.484 e. The number of hydrogen-bond donors (Lipinski definition) is 1. The Morgan fingerprint density at radius 1 is 1.24 bits per heavy atom. The Balaban J connectivity index is 1.90. The zero-order valence-corrected chi connectivity index (χ0v) is 14.9. The van der Waals surface area contributed by atoms with Gasteiger partial charge in [-0.1, -0.05) is 42.8 Å². The monoisotopic (exact) mass is 365 g/mol. The van der Waals surface area contributed by atoms with Crippen LogP contribution in [0.1, 0.15) is 54.7 Å². The highest BCUT2D eigenvalue weighted by molar-refractivity contribution is 9.10. The molecule has 3 rings (SSSR count). The van der Waals surface area contributed by atoms with Crippen LogP contribution in [0.4, 0.5) is 0 Å². The molecule has 21 heavy (non-hydrogen) atoms. The summed E-state index contributed by atoms with van der Waals surface area (Å²) in [4.78, 5) is 2.65. The fourth-order valence-electron chi connectivity index (χ4n) is 2.58. The van der Waals surface area contributed by atoms with Gasteiger partial charge in [0.05, 0.1) is 0 Å². The zero-order chi connectivity index (χ0) is 15.2. The number of thiophene rings is 1. The molecule has 0 amide bonds. The van der Waals surface area contributed by atoms with E-state index < -0.39 is 0 Å². The molecule has 1 aromatic carbocycles. The van der Waals surface area contributed by atoms with Crippen LogP contribution < -0.4 is 10.5 Å². The maximum atomic E-state index is 6.33. The molecule has 0 radical (unpaired) electrons. The number of benzene rings is 1. The molecule has 1 aliphatic rings. The molecule has 0 spiro atoms. The average Bonchev–Trinajstić information content (AvgIpc) is 2.87. The van der Waals surface area contributed by atoms with Crippen molar-refractivity contribution in [3.8, 4) is 5.75 Å². The molecule has 0 saturated heterocycles. The lowest BCUT2D eigenvalue weighted by Crippen LogP contribution is -2.23. The fourth-order valence-corrected chi connectivity index (χ4v) is 4.03. The molecule has 2 aromatic rings. The normalized spacial score (nSPS) is 21.8. The van der Waals surface area contributed by atoms with Gasteiger partial charge < -0.3 is 10.5 Å². The molecule has 0 saturated carbocycles. The molecule has 2 nitrogen and oxygen atoms in total. The van der Waals surface area contributed by atoms with Gasteiger partial charge in [0.2, 0.25) is 0 Å². The number of ether oxygens (including phenoxy) is 1. The summed E-state index contributed by atoms with van der Waals surface area (Å²) in [6.07, 6.45) is 0.890. The first kappa shape index (κ1) is 15.1. The van der Waals surface area contributed by atoms with Crippen molar-refractivity contribution in [3.05, 3.63) is 50.1 Å². The van der Waals surface area contributed by atoms with E-state index in [1.165, 1.54) is 9.75 Å². The summed E-state index contributed by atoms with van der Waals surface area (Å²) in [5.41, 5.74) is 7.61. The summed E-state index contributed by atoms with van der Waals surface area (Å²) < 4.78 is 7.22. The molecular formula is C17H20BrNOS. The fraction of sp³-hybridized carbons (Fsp3) is 0.412. The Morgan fingerprint density at radius 2 is 2.00 bits per heavy atom. The predicted molar refractivity (Wildman–Crippen MR) is 92.1 cm³/mol. The topological polar surface area (TPSA) is 35.2 Å². The van der Waals surface area contributed by atoms with Crippen LogP contribution in [0.5, 0.6) is 5.75 Å². The van der Waals surface area contributed by atoms with Crippen LogP contribution in [0.15, 0.2) is 34.8 Å². The van der Waals surface area contributed by atoms with Gasteiger partial charge in [0.25, 0.3) is 0 Å². The summed E-state index contributed by atoms with van der Waals surface area (Å²) in [5, 5.41) is 0. The van der Waals surface area contributed by atoms with E-state index in [-0.39, 0.29) is 17.6 Å². The number of rotatable bonds is 1. The van der Waals surface area contributed by atoms with E-state index in [1.807, 2.05) is 23.5 Å². The average molecular weight is 366 g/mol. The molecule has 2 unspecified atom stereocenters. The van der Waals surface area contributed by atoms with E-state index in [2.05, 4.69) is 54.9 Å². The SMILES string of the molecule is CC(C)(C)c1ccc(C2CC(N)c3ccc(Br)cc3O2)s1. The summed E-state index contributed by atoms with van der Waals surface area (Å²) in [6, 6.07) is 10.5. The molecule has 2 atom stereocenters. The Morgan fingerprint density at radius 3 is 2.67 bits per heavy atom. The van der Waals surface area contributed by atoms with Gasteiger partial charge in [-0.15, -0.1) is 11.3 Å². The molecule has 4 heteroatoms. The van der Waals surface area contributed by atoms with Crippen molar-refractivity contribution in [2.45, 2.75) is 44.8 Å². The lowest BCUT2D eigenvalue weighted by Gasteiger charge is -2.30. The van der Waals surface area contributed by atoms with Gasteiger partial charge in [0.1, 0.15) is 11.9 Å². The highest BCUT2D eigenvalue weighted by atomic mass is 79.9. The molecule has 0 aliphatic carbocycles. The van der Waals surface area contributed by atoms with Crippen molar-refractivity contribution >= 4 is 27.3 Å². The highest BCUT2D eigenvalue weighted by Crippen LogP contribution is 2.43. The van der Waals surface area contributed by atoms with Crippen LogP contribution in [0.3, 0.4) is 0 Å². The van der Waals surface area contributed by atoms with Crippen molar-refractivity contribution < 1.29 is 4.74 Å². The van der Waals surface area contributed by atoms with Crippen molar-refractivity contribution in [1.82, 2.24) is 0 Å². The molecule has 0 bridgehead atoms. The summed E-state index contributed by atoms with van der Waals surface area (Å²) in [5.74, 6) is 0.902. The van der Waals surface area contributed by atoms with E-state index >= 15 is 0 Å². The van der Waals surface area contributed by atoms with Gasteiger partial charge in [-0.3, -0.25) is 0 Å². The van der Waals surface area contributed by atoms with Gasteiger partial charge in [-0.05, 0) is 29.7 Å². The quantitative estimate of drug-likeness (QED) is 0.740. The van der Waals surface area contributed by atoms with Crippen LogP contribution in [0, 0.1) is 0 Å². The second-order valence-electron chi connectivity index (χ2n) is 6.58. The first-order valence-corrected chi connectivity index (χ1v) is 8.77. The number of nitrogens with two attached hydrogens (primary N) is 1. The number of fused-ring (bicyclic) bond motifs is 1. The van der Waals surface area contributed by atoms with E-state index in [9.17, 15) is 0 Å². The van der Waals surface area contributed by atoms with E-state index in [0.717, 1.165) is 22.2 Å². The minimum atomic E-state index is 0.0343. The van der Waals surface area contributed by atoms with Crippen molar-refractivity contribution in [3.63, 3.8) is 0 Å². The van der Waals surface area contributed by atoms with Gasteiger partial charge in [-0.2, -0.15) is 0 Å². The number of halogens is 1. The van der Waals surface area contributed by atoms with Crippen LogP contribution >= 0.6 is 27.3 Å². The van der Waals surface area contributed by atoms with E-state index in [1.54, 1.807) is 0 Å². The molecule has 1 aliphatic heterocycles. The maximum Gasteiger partial charge on any atom is 0.135 e. The Kier molecular flexibility index (Phi) is 3.89. The maximum absolute atomic E-state index is 6.33. The molecular weight excluding hydrogens is 346 g/mol. The van der Waals surface area contributed by atoms with Gasteiger partial charge in [0.15, 0.2) is 0 Å². The lowest BCUT2D eigenvalue weighted by molar-refractivity contribution is 0.165. The van der Waals surface area contributed by atoms with Crippen molar-refractivity contribution in [1.29, 1.82) is 0 Å². The Hall–Kier alpha value is -0.840. The predicted octanol–water partition coefficient (Wildman–Crippen LogP) is 5.33. The third kappa shape index (κ3) is 3.03. The summed E-state index contributed by atoms with van der Waals surface area (Å²) >= 11 is 5.33. The first-order valence-electron chi connectivity index (χ1n) is 7.16. The van der Waals surface area contributed by atoms with Crippen molar-refractivity contribution in [2.75, 3.05) is 0 Å². The largest absolute Gasteiger partial charge is 0.484 e. The molecule has 2 heterocycles. The van der Waals surface area contributed by atoms with Gasteiger partial charge in [0, 0.05) is 32.3 Å². The Bertz CT molecular complexity index is 659. The van der Waals surface area contributed by atoms with E-state index in [0.29, 0.717) is 0 Å². The van der Waals surface area contributed by atoms with E-state index in [4.69, 9.17) is 10.5 Å². The number of hydrogen-bond acceptors (Lipinski definition) is 3. The third-order valence-corrected chi connectivity index (χ3v) is 5.89. The second-order valence-corrected chi connectivity index (χ2v) is 8.61. The standard InChI is InChI=1S/C17H20BrNOS/c1-17(2,3)16-7-6-15(21-16)14-9-12(19)11-5-4-10(18)8-13(11)20-14/h4-8,12,14H,9,19H2,1-3H3. The molecule has 2 N–H and O–H groups in total. The van der Waals surface area contributed by atoms with Gasteiger partial charge in [-0.25, -0.2) is 0 Å². The van der Waals surface area contributed by atoms with Gasteiger partial charge >= 0.3 is 0 Å². The minimum absolute atomic E-state index is 0.0343. The van der Waals surface area contributed by atoms with Crippen LogP contribution in [-0.4, -0.2) is 0 Å². The van der Waals surface area contributed by atoms with Crippen LogP contribution in [0.25, 0.3) is 0 Å². The first-order chi connectivity index (χ1) is 9.84. The summed E-state index contributed by atoms with van der Waals surface area (Å²) in [7, 11) is 0. The second kappa shape index (κ2) is 5.41. The molecule has 112 valence electrons. The Labute approximate surface area is 138 Å². The van der Waals surface area contributed by atoms with Crippen molar-refractivity contribution in [2.24, 2.45) is 5.73 Å². The van der Waals surface area contributed by atoms with Crippen LogP contribution in [0.2, 0.25) is 0 Å². The molecule has 0 fully saturated rings. The lowest BCUT2D eigenvalue weighted by atomic mass is 9.94.